The molecule has 2 bridgehead atoms. The Morgan fingerprint density at radius 3 is 2.52 bits per heavy atom. The summed E-state index contributed by atoms with van der Waals surface area (Å²) < 4.78 is -0.905. The van der Waals surface area contributed by atoms with Crippen LogP contribution in [0.1, 0.15) is 47.0 Å². The Kier molecular flexibility index (Phi) is 5.04. The number of aliphatic hydroxyl groups excluding tert-OH is 1. The second kappa shape index (κ2) is 6.65. The Morgan fingerprint density at radius 1 is 1.30 bits per heavy atom. The zero-order valence-corrected chi connectivity index (χ0v) is 17.6. The number of hydrogen-bond donors (Lipinski definition) is 3. The lowest BCUT2D eigenvalue weighted by Crippen LogP contribution is -2.57. The Labute approximate surface area is 165 Å². The summed E-state index contributed by atoms with van der Waals surface area (Å²) in [6, 6.07) is -0.609. The number of fused-ring (bicyclic) bond motifs is 1. The minimum absolute atomic E-state index is 0.0429. The molecule has 152 valence electrons. The SMILES string of the molecule is CNC(=O)[C@H]1[C@H]2C(=O)N(CCCO)C(C(=O)NC(C)(C)C)C23CC[C@]1(C)S3. The molecule has 3 amide bonds. The molecule has 3 N–H and O–H groups in total. The van der Waals surface area contributed by atoms with Crippen molar-refractivity contribution >= 4 is 29.5 Å². The van der Waals surface area contributed by atoms with E-state index in [9.17, 15) is 19.5 Å². The van der Waals surface area contributed by atoms with Crippen LogP contribution in [0.3, 0.4) is 0 Å². The topological polar surface area (TPSA) is 98.7 Å². The van der Waals surface area contributed by atoms with Crippen LogP contribution in [-0.4, -0.2) is 69.0 Å². The molecule has 0 aliphatic carbocycles. The molecule has 27 heavy (non-hydrogen) atoms. The smallest absolute Gasteiger partial charge is 0.244 e. The van der Waals surface area contributed by atoms with Crippen LogP contribution in [0.4, 0.5) is 0 Å². The molecule has 0 saturated carbocycles. The fraction of sp³-hybridized carbons (Fsp3) is 0.842. The highest BCUT2D eigenvalue weighted by atomic mass is 32.2. The first-order valence-electron chi connectivity index (χ1n) is 9.66. The molecule has 5 atom stereocenters. The Balaban J connectivity index is 2.04. The van der Waals surface area contributed by atoms with Gasteiger partial charge < -0.3 is 20.6 Å². The van der Waals surface area contributed by atoms with E-state index in [-0.39, 0.29) is 29.1 Å². The number of rotatable bonds is 5. The molecule has 0 radical (unpaired) electrons. The average molecular weight is 398 g/mol. The van der Waals surface area contributed by atoms with Crippen LogP contribution in [0.25, 0.3) is 0 Å². The summed E-state index contributed by atoms with van der Waals surface area (Å²) in [4.78, 5) is 41.0. The van der Waals surface area contributed by atoms with Gasteiger partial charge in [0.05, 0.1) is 16.6 Å². The van der Waals surface area contributed by atoms with Crippen LogP contribution in [-0.2, 0) is 14.4 Å². The van der Waals surface area contributed by atoms with E-state index in [1.165, 1.54) is 0 Å². The Morgan fingerprint density at radius 2 is 1.96 bits per heavy atom. The number of thioether (sulfide) groups is 1. The highest BCUT2D eigenvalue weighted by Gasteiger charge is 2.76. The van der Waals surface area contributed by atoms with Gasteiger partial charge in [-0.2, -0.15) is 0 Å². The third kappa shape index (κ3) is 3.05. The van der Waals surface area contributed by atoms with Gasteiger partial charge in [0.15, 0.2) is 0 Å². The average Bonchev–Trinajstić information content (AvgIpc) is 3.12. The lowest BCUT2D eigenvalue weighted by Gasteiger charge is -2.36. The third-order valence-corrected chi connectivity index (χ3v) is 8.09. The highest BCUT2D eigenvalue weighted by Crippen LogP contribution is 2.71. The molecule has 8 heteroatoms. The molecule has 3 saturated heterocycles. The molecule has 3 rings (SSSR count). The van der Waals surface area contributed by atoms with E-state index in [1.807, 2.05) is 20.8 Å². The molecule has 1 spiro atoms. The van der Waals surface area contributed by atoms with Gasteiger partial charge in [-0.05, 0) is 47.0 Å². The summed E-state index contributed by atoms with van der Waals surface area (Å²) >= 11 is 1.66. The number of nitrogens with zero attached hydrogens (tertiary/aromatic N) is 1. The maximum Gasteiger partial charge on any atom is 0.244 e. The van der Waals surface area contributed by atoms with Crippen LogP contribution in [0, 0.1) is 11.8 Å². The van der Waals surface area contributed by atoms with E-state index in [1.54, 1.807) is 23.7 Å². The maximum absolute atomic E-state index is 13.4. The molecule has 7 nitrogen and oxygen atoms in total. The normalized spacial score (nSPS) is 37.5. The van der Waals surface area contributed by atoms with Crippen LogP contribution >= 0.6 is 11.8 Å². The predicted molar refractivity (Wildman–Crippen MR) is 104 cm³/mol. The summed E-state index contributed by atoms with van der Waals surface area (Å²) in [6.45, 7) is 8.09. The first-order valence-corrected chi connectivity index (χ1v) is 10.5. The lowest BCUT2D eigenvalue weighted by molar-refractivity contribution is -0.140. The molecule has 0 aromatic rings. The molecule has 3 heterocycles. The fourth-order valence-electron chi connectivity index (χ4n) is 5.20. The van der Waals surface area contributed by atoms with Gasteiger partial charge in [0.1, 0.15) is 6.04 Å². The number of amides is 3. The third-order valence-electron chi connectivity index (χ3n) is 6.11. The first kappa shape index (κ1) is 20.5. The first-order chi connectivity index (χ1) is 12.5. The Bertz CT molecular complexity index is 664. The minimum atomic E-state index is -0.609. The number of nitrogens with one attached hydrogen (secondary N) is 2. The fourth-order valence-corrected chi connectivity index (χ4v) is 7.56. The Hall–Kier alpha value is -1.28. The van der Waals surface area contributed by atoms with Crippen molar-refractivity contribution in [3.8, 4) is 0 Å². The van der Waals surface area contributed by atoms with Gasteiger partial charge in [0.25, 0.3) is 0 Å². The monoisotopic (exact) mass is 397 g/mol. The number of likely N-dealkylation sites (tertiary alicyclic amines) is 1. The van der Waals surface area contributed by atoms with Crippen LogP contribution < -0.4 is 10.6 Å². The van der Waals surface area contributed by atoms with Gasteiger partial charge >= 0.3 is 0 Å². The van der Waals surface area contributed by atoms with Crippen molar-refractivity contribution in [2.45, 2.75) is 68.0 Å². The number of aliphatic hydroxyl groups is 1. The number of carbonyl (C=O) groups excluding carboxylic acids is 3. The highest BCUT2D eigenvalue weighted by molar-refractivity contribution is 8.02. The predicted octanol–water partition coefficient (Wildman–Crippen LogP) is 0.511. The summed E-state index contributed by atoms with van der Waals surface area (Å²) in [5.41, 5.74) is -0.414. The van der Waals surface area contributed by atoms with E-state index < -0.39 is 28.2 Å². The van der Waals surface area contributed by atoms with Crippen molar-refractivity contribution in [2.24, 2.45) is 11.8 Å². The van der Waals surface area contributed by atoms with E-state index >= 15 is 0 Å². The largest absolute Gasteiger partial charge is 0.396 e. The molecule has 3 aliphatic rings. The van der Waals surface area contributed by atoms with Crippen LogP contribution in [0.5, 0.6) is 0 Å². The van der Waals surface area contributed by atoms with E-state index in [0.717, 1.165) is 12.8 Å². The van der Waals surface area contributed by atoms with Gasteiger partial charge in [-0.15, -0.1) is 11.8 Å². The zero-order chi connectivity index (χ0) is 20.2. The zero-order valence-electron chi connectivity index (χ0n) is 16.8. The molecular weight excluding hydrogens is 366 g/mol. The van der Waals surface area contributed by atoms with Crippen LogP contribution in [0.15, 0.2) is 0 Å². The molecule has 3 fully saturated rings. The minimum Gasteiger partial charge on any atom is -0.396 e. The summed E-state index contributed by atoms with van der Waals surface area (Å²) in [5, 5.41) is 15.0. The molecular formula is C19H31N3O4S. The second-order valence-electron chi connectivity index (χ2n) is 9.19. The number of carbonyl (C=O) groups is 3. The van der Waals surface area contributed by atoms with E-state index in [4.69, 9.17) is 0 Å². The summed E-state index contributed by atoms with van der Waals surface area (Å²) in [6.07, 6.45) is 1.98. The summed E-state index contributed by atoms with van der Waals surface area (Å²) in [5.74, 6) is -1.33. The molecule has 2 unspecified atom stereocenters. The molecule has 0 aromatic heterocycles. The molecule has 0 aromatic carbocycles. The van der Waals surface area contributed by atoms with Crippen molar-refractivity contribution < 1.29 is 19.5 Å². The number of hydrogen-bond acceptors (Lipinski definition) is 5. The molecule has 3 aliphatic heterocycles. The van der Waals surface area contributed by atoms with Gasteiger partial charge in [-0.3, -0.25) is 14.4 Å². The van der Waals surface area contributed by atoms with E-state index in [2.05, 4.69) is 17.6 Å². The summed E-state index contributed by atoms with van der Waals surface area (Å²) in [7, 11) is 1.60. The quantitative estimate of drug-likeness (QED) is 0.628. The van der Waals surface area contributed by atoms with Crippen molar-refractivity contribution in [2.75, 3.05) is 20.2 Å². The van der Waals surface area contributed by atoms with E-state index in [0.29, 0.717) is 13.0 Å². The standard InChI is InChI=1S/C19H31N3O4S/c1-17(2,3)21-15(25)13-19-8-7-18(4,27-19)11(14(24)20-5)12(19)16(26)22(13)9-6-10-23/h11-13,23H,6-10H2,1-5H3,(H,20,24)(H,21,25)/t11-,12+,13?,18+,19?/m1/s1. The van der Waals surface area contributed by atoms with Gasteiger partial charge in [-0.25, -0.2) is 0 Å². The second-order valence-corrected chi connectivity index (χ2v) is 11.1. The maximum atomic E-state index is 13.4. The van der Waals surface area contributed by atoms with Crippen molar-refractivity contribution in [1.29, 1.82) is 0 Å². The van der Waals surface area contributed by atoms with Crippen LogP contribution in [0.2, 0.25) is 0 Å². The van der Waals surface area contributed by atoms with Gasteiger partial charge in [-0.1, -0.05) is 0 Å². The van der Waals surface area contributed by atoms with Crippen molar-refractivity contribution in [1.82, 2.24) is 15.5 Å². The van der Waals surface area contributed by atoms with Gasteiger partial charge in [0.2, 0.25) is 17.7 Å². The van der Waals surface area contributed by atoms with Crippen molar-refractivity contribution in [3.63, 3.8) is 0 Å². The van der Waals surface area contributed by atoms with Crippen molar-refractivity contribution in [3.05, 3.63) is 0 Å². The van der Waals surface area contributed by atoms with Gasteiger partial charge in [0, 0.05) is 30.5 Å². The lowest BCUT2D eigenvalue weighted by atomic mass is 9.66.